The van der Waals surface area contributed by atoms with Crippen LogP contribution in [0.3, 0.4) is 0 Å². The first-order chi connectivity index (χ1) is 16.7. The zero-order valence-corrected chi connectivity index (χ0v) is 17.8. The summed E-state index contributed by atoms with van der Waals surface area (Å²) in [6, 6.07) is 21.1. The molecule has 7 rings (SSSR count). The Bertz CT molecular complexity index is 1950. The van der Waals surface area contributed by atoms with Gasteiger partial charge in [-0.15, -0.1) is 0 Å². The molecule has 0 atom stereocenters. The molecule has 7 nitrogen and oxygen atoms in total. The number of rotatable bonds is 3. The number of hydrogen-bond acceptors (Lipinski definition) is 5. The Kier molecular flexibility index (Phi) is 3.78. The zero-order valence-electron chi connectivity index (χ0n) is 17.8. The first-order valence-electron chi connectivity index (χ1n) is 10.8. The predicted molar refractivity (Wildman–Crippen MR) is 131 cm³/mol. The van der Waals surface area contributed by atoms with Gasteiger partial charge in [0.25, 0.3) is 5.56 Å². The van der Waals surface area contributed by atoms with Crippen molar-refractivity contribution in [3.8, 4) is 11.6 Å². The molecule has 4 aromatic heterocycles. The molecule has 164 valence electrons. The lowest BCUT2D eigenvalue weighted by Crippen LogP contribution is -1.97. The molecule has 0 radical (unpaired) electrons. The van der Waals surface area contributed by atoms with Gasteiger partial charge in [0.05, 0.1) is 27.1 Å². The Labute approximate surface area is 191 Å². The van der Waals surface area contributed by atoms with Crippen LogP contribution in [0.1, 0.15) is 5.56 Å². The third kappa shape index (κ3) is 2.64. The summed E-state index contributed by atoms with van der Waals surface area (Å²) in [5, 5.41) is 14.2. The van der Waals surface area contributed by atoms with Gasteiger partial charge in [-0.05, 0) is 29.8 Å². The number of nitrogens with one attached hydrogen (secondary N) is 2. The van der Waals surface area contributed by atoms with Crippen LogP contribution in [0.15, 0.2) is 82.1 Å². The van der Waals surface area contributed by atoms with Gasteiger partial charge in [-0.1, -0.05) is 36.4 Å². The topological polar surface area (TPSA) is 104 Å². The van der Waals surface area contributed by atoms with E-state index in [0.717, 1.165) is 21.9 Å². The SMILES string of the molecule is O=c1[nH]c(O)c2c3c[nH]c4cccc(oc5nc6cc(OCc7ccccc7)ccc6c5c12)c43. The number of hydrogen-bond donors (Lipinski definition) is 3. The lowest BCUT2D eigenvalue weighted by molar-refractivity contribution is 0.306. The molecule has 0 amide bonds. The number of nitrogens with zero attached hydrogens (tertiary/aromatic N) is 1. The van der Waals surface area contributed by atoms with Crippen molar-refractivity contribution in [2.24, 2.45) is 0 Å². The van der Waals surface area contributed by atoms with Crippen molar-refractivity contribution in [1.82, 2.24) is 15.0 Å². The van der Waals surface area contributed by atoms with Crippen LogP contribution < -0.4 is 10.3 Å². The summed E-state index contributed by atoms with van der Waals surface area (Å²) >= 11 is 0. The molecule has 7 aromatic rings. The van der Waals surface area contributed by atoms with Gasteiger partial charge in [-0.25, -0.2) is 4.98 Å². The van der Waals surface area contributed by atoms with Gasteiger partial charge >= 0.3 is 0 Å². The lowest BCUT2D eigenvalue weighted by Gasteiger charge is -2.06. The highest BCUT2D eigenvalue weighted by molar-refractivity contribution is 6.26. The smallest absolute Gasteiger partial charge is 0.259 e. The largest absolute Gasteiger partial charge is 0.494 e. The van der Waals surface area contributed by atoms with Gasteiger partial charge in [-0.2, -0.15) is 0 Å². The molecule has 7 heteroatoms. The molecule has 0 bridgehead atoms. The quantitative estimate of drug-likeness (QED) is 0.320. The van der Waals surface area contributed by atoms with Crippen LogP contribution in [0, 0.1) is 0 Å². The Morgan fingerprint density at radius 1 is 0.912 bits per heavy atom. The molecule has 4 heterocycles. The monoisotopic (exact) mass is 447 g/mol. The second-order valence-corrected chi connectivity index (χ2v) is 8.28. The van der Waals surface area contributed by atoms with E-state index in [2.05, 4.69) is 9.97 Å². The highest BCUT2D eigenvalue weighted by Gasteiger charge is 2.20. The van der Waals surface area contributed by atoms with Crippen LogP contribution in [0.4, 0.5) is 0 Å². The molecule has 0 unspecified atom stereocenters. The third-order valence-electron chi connectivity index (χ3n) is 6.26. The van der Waals surface area contributed by atoms with Crippen LogP contribution >= 0.6 is 0 Å². The molecule has 0 saturated carbocycles. The number of aromatic hydroxyl groups is 1. The summed E-state index contributed by atoms with van der Waals surface area (Å²) in [6.07, 6.45) is 1.78. The number of H-pyrrole nitrogens is 2. The third-order valence-corrected chi connectivity index (χ3v) is 6.26. The van der Waals surface area contributed by atoms with E-state index >= 15 is 0 Å². The number of aromatic amines is 2. The van der Waals surface area contributed by atoms with E-state index in [0.29, 0.717) is 50.7 Å². The standard InChI is InChI=1S/C27H17N3O4/c31-25-22-17-12-28-18-7-4-8-20(21(17)18)34-27-23(24(22)26(32)30-25)16-10-9-15(11-19(16)29-27)33-13-14-5-2-1-3-6-14/h1-12,28,31H,13H2,(H,30,32). The molecule has 0 aliphatic rings. The van der Waals surface area contributed by atoms with Crippen molar-refractivity contribution < 1.29 is 14.3 Å². The highest BCUT2D eigenvalue weighted by atomic mass is 16.5. The van der Waals surface area contributed by atoms with Crippen LogP contribution in [-0.4, -0.2) is 20.1 Å². The molecule has 0 fully saturated rings. The number of ether oxygens (including phenoxy) is 1. The maximum atomic E-state index is 13.0. The first kappa shape index (κ1) is 18.8. The van der Waals surface area contributed by atoms with Crippen LogP contribution in [0.25, 0.3) is 54.6 Å². The molecule has 0 spiro atoms. The molecule has 0 aliphatic carbocycles. The van der Waals surface area contributed by atoms with Gasteiger partial charge in [0, 0.05) is 28.6 Å². The molecule has 3 aromatic carbocycles. The molecular formula is C27H17N3O4. The maximum absolute atomic E-state index is 13.0. The Hall–Kier alpha value is -4.78. The van der Waals surface area contributed by atoms with Crippen molar-refractivity contribution in [3.05, 3.63) is 88.8 Å². The molecule has 0 aliphatic heterocycles. The first-order valence-corrected chi connectivity index (χ1v) is 10.8. The maximum Gasteiger partial charge on any atom is 0.259 e. The predicted octanol–water partition coefficient (Wildman–Crippen LogP) is 5.74. The fourth-order valence-corrected chi connectivity index (χ4v) is 4.74. The van der Waals surface area contributed by atoms with Gasteiger partial charge < -0.3 is 19.2 Å². The summed E-state index contributed by atoms with van der Waals surface area (Å²) in [4.78, 5) is 23.5. The Morgan fingerprint density at radius 2 is 1.79 bits per heavy atom. The van der Waals surface area contributed by atoms with Crippen molar-refractivity contribution >= 4 is 54.6 Å². The fourth-order valence-electron chi connectivity index (χ4n) is 4.74. The van der Waals surface area contributed by atoms with Crippen molar-refractivity contribution in [2.75, 3.05) is 0 Å². The van der Waals surface area contributed by atoms with E-state index in [1.54, 1.807) is 6.20 Å². The zero-order chi connectivity index (χ0) is 22.8. The lowest BCUT2D eigenvalue weighted by atomic mass is 10.1. The highest BCUT2D eigenvalue weighted by Crippen LogP contribution is 2.39. The van der Waals surface area contributed by atoms with Crippen molar-refractivity contribution in [1.29, 1.82) is 0 Å². The van der Waals surface area contributed by atoms with Crippen LogP contribution in [-0.2, 0) is 6.61 Å². The van der Waals surface area contributed by atoms with E-state index in [1.807, 2.05) is 66.7 Å². The van der Waals surface area contributed by atoms with Gasteiger partial charge in [0.1, 0.15) is 17.9 Å². The summed E-state index contributed by atoms with van der Waals surface area (Å²) in [5.74, 6) is 0.482. The summed E-state index contributed by atoms with van der Waals surface area (Å²) in [7, 11) is 0. The van der Waals surface area contributed by atoms with Gasteiger partial charge in [0.2, 0.25) is 5.71 Å². The number of fused-ring (bicyclic) bond motifs is 6. The van der Waals surface area contributed by atoms with Crippen molar-refractivity contribution in [3.63, 3.8) is 0 Å². The minimum Gasteiger partial charge on any atom is -0.494 e. The average Bonchev–Trinajstić information content (AvgIpc) is 3.49. The van der Waals surface area contributed by atoms with Crippen LogP contribution in [0.5, 0.6) is 11.6 Å². The van der Waals surface area contributed by atoms with Crippen molar-refractivity contribution in [2.45, 2.75) is 6.61 Å². The minimum atomic E-state index is -0.398. The van der Waals surface area contributed by atoms with Crippen LogP contribution in [0.2, 0.25) is 0 Å². The summed E-state index contributed by atoms with van der Waals surface area (Å²) in [5.41, 5.74) is 3.05. The van der Waals surface area contributed by atoms with E-state index in [-0.39, 0.29) is 5.88 Å². The second kappa shape index (κ2) is 6.86. The summed E-state index contributed by atoms with van der Waals surface area (Å²) in [6.45, 7) is 0.432. The van der Waals surface area contributed by atoms with E-state index in [1.165, 1.54) is 0 Å². The van der Waals surface area contributed by atoms with Gasteiger partial charge in [-0.3, -0.25) is 9.78 Å². The normalized spacial score (nSPS) is 11.9. The fraction of sp³-hybridized carbons (Fsp3) is 0.0370. The Morgan fingerprint density at radius 3 is 2.68 bits per heavy atom. The molecule has 0 saturated heterocycles. The van der Waals surface area contributed by atoms with E-state index in [9.17, 15) is 9.90 Å². The number of benzene rings is 3. The number of aromatic nitrogens is 3. The second-order valence-electron chi connectivity index (χ2n) is 8.28. The van der Waals surface area contributed by atoms with E-state index in [4.69, 9.17) is 14.1 Å². The molecule has 3 N–H and O–H groups in total. The molecule has 34 heavy (non-hydrogen) atoms. The minimum absolute atomic E-state index is 0.180. The average molecular weight is 447 g/mol. The Balaban J connectivity index is 1.54. The summed E-state index contributed by atoms with van der Waals surface area (Å²) < 4.78 is 12.3. The van der Waals surface area contributed by atoms with Gasteiger partial charge in [0.15, 0.2) is 5.88 Å². The van der Waals surface area contributed by atoms with E-state index < -0.39 is 5.56 Å². The molecular weight excluding hydrogens is 430 g/mol.